The molecule has 0 aliphatic carbocycles. The van der Waals surface area contributed by atoms with Crippen LogP contribution in [0.4, 0.5) is 10.1 Å². The van der Waals surface area contributed by atoms with E-state index in [-0.39, 0.29) is 5.82 Å². The van der Waals surface area contributed by atoms with Crippen molar-refractivity contribution in [2.24, 2.45) is 0 Å². The molecule has 0 bridgehead atoms. The Morgan fingerprint density at radius 1 is 0.950 bits per heavy atom. The average molecular weight is 287 g/mol. The lowest BCUT2D eigenvalue weighted by atomic mass is 10.2. The number of benzene rings is 2. The Labute approximate surface area is 123 Å². The number of hydrogen-bond acceptors (Lipinski definition) is 2. The highest BCUT2D eigenvalue weighted by molar-refractivity contribution is 7.98. The Morgan fingerprint density at radius 3 is 2.45 bits per heavy atom. The number of halogens is 1. The molecule has 20 heavy (non-hydrogen) atoms. The first kappa shape index (κ1) is 13.5. The lowest BCUT2D eigenvalue weighted by Gasteiger charge is -2.21. The molecule has 0 unspecified atom stereocenters. The van der Waals surface area contributed by atoms with Crippen molar-refractivity contribution in [1.82, 2.24) is 0 Å². The Bertz CT molecular complexity index is 579. The highest BCUT2D eigenvalue weighted by atomic mass is 32.2. The minimum absolute atomic E-state index is 0.112. The number of nitrogens with zero attached hydrogens (tertiary/aromatic N) is 1. The molecule has 1 heterocycles. The zero-order chi connectivity index (χ0) is 13.8. The van der Waals surface area contributed by atoms with Crippen molar-refractivity contribution in [3.8, 4) is 0 Å². The van der Waals surface area contributed by atoms with E-state index < -0.39 is 0 Å². The lowest BCUT2D eigenvalue weighted by Crippen LogP contribution is -2.18. The van der Waals surface area contributed by atoms with Crippen LogP contribution in [0.25, 0.3) is 0 Å². The lowest BCUT2D eigenvalue weighted by molar-refractivity contribution is 0.617. The second-order valence-corrected chi connectivity index (χ2v) is 6.06. The topological polar surface area (TPSA) is 3.24 Å². The zero-order valence-corrected chi connectivity index (χ0v) is 12.2. The fraction of sp³-hybridized carbons (Fsp3) is 0.294. The zero-order valence-electron chi connectivity index (χ0n) is 11.4. The molecule has 1 aliphatic rings. The van der Waals surface area contributed by atoms with Gasteiger partial charge in [0.1, 0.15) is 5.82 Å². The number of para-hydroxylation sites is 1. The van der Waals surface area contributed by atoms with Crippen LogP contribution >= 0.6 is 11.8 Å². The predicted molar refractivity (Wildman–Crippen MR) is 83.9 cm³/mol. The van der Waals surface area contributed by atoms with Gasteiger partial charge in [0.2, 0.25) is 0 Å². The van der Waals surface area contributed by atoms with E-state index in [0.29, 0.717) is 5.75 Å². The molecule has 1 fully saturated rings. The van der Waals surface area contributed by atoms with Crippen molar-refractivity contribution in [1.29, 1.82) is 0 Å². The average Bonchev–Trinajstić information content (AvgIpc) is 3.01. The van der Waals surface area contributed by atoms with E-state index >= 15 is 0 Å². The first-order valence-corrected chi connectivity index (χ1v) is 8.03. The Hall–Kier alpha value is -1.48. The van der Waals surface area contributed by atoms with Crippen LogP contribution in [0.2, 0.25) is 0 Å². The number of thioether (sulfide) groups is 1. The van der Waals surface area contributed by atoms with Gasteiger partial charge in [0.15, 0.2) is 0 Å². The predicted octanol–water partition coefficient (Wildman–Crippen LogP) is 4.72. The second kappa shape index (κ2) is 6.31. The van der Waals surface area contributed by atoms with E-state index in [2.05, 4.69) is 29.2 Å². The van der Waals surface area contributed by atoms with E-state index in [1.165, 1.54) is 29.5 Å². The van der Waals surface area contributed by atoms with Gasteiger partial charge in [-0.25, -0.2) is 4.39 Å². The Balaban J connectivity index is 1.76. The number of hydrogen-bond donors (Lipinski definition) is 0. The maximum Gasteiger partial charge on any atom is 0.127 e. The third-order valence-corrected chi connectivity index (χ3v) is 4.76. The van der Waals surface area contributed by atoms with Gasteiger partial charge in [0, 0.05) is 23.7 Å². The van der Waals surface area contributed by atoms with Gasteiger partial charge in [-0.2, -0.15) is 0 Å². The molecule has 0 amide bonds. The van der Waals surface area contributed by atoms with Gasteiger partial charge >= 0.3 is 0 Å². The summed E-state index contributed by atoms with van der Waals surface area (Å²) in [5.74, 6) is 0.566. The van der Waals surface area contributed by atoms with Gasteiger partial charge in [-0.1, -0.05) is 30.3 Å². The maximum atomic E-state index is 13.7. The Morgan fingerprint density at radius 2 is 1.65 bits per heavy atom. The normalized spacial score (nSPS) is 14.8. The van der Waals surface area contributed by atoms with Crippen molar-refractivity contribution in [3.63, 3.8) is 0 Å². The Kier molecular flexibility index (Phi) is 4.26. The molecule has 3 heteroatoms. The fourth-order valence-corrected chi connectivity index (χ4v) is 3.63. The van der Waals surface area contributed by atoms with Crippen molar-refractivity contribution in [2.75, 3.05) is 18.0 Å². The van der Waals surface area contributed by atoms with E-state index in [4.69, 9.17) is 0 Å². The van der Waals surface area contributed by atoms with Gasteiger partial charge < -0.3 is 4.90 Å². The highest BCUT2D eigenvalue weighted by Gasteiger charge is 2.15. The molecule has 0 spiro atoms. The van der Waals surface area contributed by atoms with Gasteiger partial charge in [0.05, 0.1) is 5.69 Å². The molecule has 2 aromatic rings. The molecule has 1 aliphatic heterocycles. The maximum absolute atomic E-state index is 13.7. The quantitative estimate of drug-likeness (QED) is 0.749. The monoisotopic (exact) mass is 287 g/mol. The van der Waals surface area contributed by atoms with Crippen LogP contribution in [0.1, 0.15) is 18.4 Å². The van der Waals surface area contributed by atoms with Crippen molar-refractivity contribution >= 4 is 17.4 Å². The third-order valence-electron chi connectivity index (χ3n) is 3.65. The van der Waals surface area contributed by atoms with Crippen LogP contribution in [0.15, 0.2) is 53.4 Å². The van der Waals surface area contributed by atoms with E-state index in [1.54, 1.807) is 17.8 Å². The molecule has 0 aromatic heterocycles. The van der Waals surface area contributed by atoms with Crippen LogP contribution in [-0.2, 0) is 5.75 Å². The molecule has 0 N–H and O–H groups in total. The molecule has 1 nitrogen and oxygen atoms in total. The molecule has 2 aromatic carbocycles. The minimum atomic E-state index is -0.112. The summed E-state index contributed by atoms with van der Waals surface area (Å²) in [4.78, 5) is 3.68. The van der Waals surface area contributed by atoms with Crippen molar-refractivity contribution in [2.45, 2.75) is 23.5 Å². The van der Waals surface area contributed by atoms with Gasteiger partial charge in [0.25, 0.3) is 0 Å². The van der Waals surface area contributed by atoms with E-state index in [0.717, 1.165) is 18.7 Å². The minimum Gasteiger partial charge on any atom is -0.371 e. The highest BCUT2D eigenvalue weighted by Crippen LogP contribution is 2.34. The molecule has 104 valence electrons. The summed E-state index contributed by atoms with van der Waals surface area (Å²) in [6.45, 7) is 2.27. The van der Waals surface area contributed by atoms with Crippen molar-refractivity contribution in [3.05, 3.63) is 59.9 Å². The molecular formula is C17H18FNS. The summed E-state index contributed by atoms with van der Waals surface area (Å²) in [5, 5.41) is 0. The van der Waals surface area contributed by atoms with Crippen LogP contribution in [0.5, 0.6) is 0 Å². The molecule has 1 saturated heterocycles. The summed E-state index contributed by atoms with van der Waals surface area (Å²) in [6.07, 6.45) is 2.54. The first-order valence-electron chi connectivity index (χ1n) is 7.05. The standard InChI is InChI=1S/C17H18FNS/c18-15-8-2-1-7-14(15)13-20-17-10-4-3-9-16(17)19-11-5-6-12-19/h1-4,7-10H,5-6,11-13H2. The van der Waals surface area contributed by atoms with Crippen LogP contribution < -0.4 is 4.90 Å². The first-order chi connectivity index (χ1) is 9.84. The van der Waals surface area contributed by atoms with Crippen LogP contribution in [0, 0.1) is 5.82 Å². The summed E-state index contributed by atoms with van der Waals surface area (Å²) in [5.41, 5.74) is 2.07. The van der Waals surface area contributed by atoms with Gasteiger partial charge in [-0.05, 0) is 36.6 Å². The molecule has 3 rings (SSSR count). The molecule has 0 saturated carbocycles. The smallest absolute Gasteiger partial charge is 0.127 e. The van der Waals surface area contributed by atoms with Gasteiger partial charge in [-0.3, -0.25) is 0 Å². The summed E-state index contributed by atoms with van der Waals surface area (Å²) >= 11 is 1.72. The number of rotatable bonds is 4. The SMILES string of the molecule is Fc1ccccc1CSc1ccccc1N1CCCC1. The number of anilines is 1. The fourth-order valence-electron chi connectivity index (χ4n) is 2.57. The van der Waals surface area contributed by atoms with Crippen LogP contribution in [-0.4, -0.2) is 13.1 Å². The summed E-state index contributed by atoms with van der Waals surface area (Å²) in [7, 11) is 0. The summed E-state index contributed by atoms with van der Waals surface area (Å²) < 4.78 is 13.7. The summed E-state index contributed by atoms with van der Waals surface area (Å²) in [6, 6.07) is 15.5. The van der Waals surface area contributed by atoms with Crippen LogP contribution in [0.3, 0.4) is 0 Å². The van der Waals surface area contributed by atoms with E-state index in [1.807, 2.05) is 12.1 Å². The third kappa shape index (κ3) is 2.98. The van der Waals surface area contributed by atoms with E-state index in [9.17, 15) is 4.39 Å². The molecule has 0 atom stereocenters. The second-order valence-electron chi connectivity index (χ2n) is 5.04. The van der Waals surface area contributed by atoms with Gasteiger partial charge in [-0.15, -0.1) is 11.8 Å². The van der Waals surface area contributed by atoms with Crippen molar-refractivity contribution < 1.29 is 4.39 Å². The molecule has 0 radical (unpaired) electrons. The molecular weight excluding hydrogens is 269 g/mol. The largest absolute Gasteiger partial charge is 0.371 e.